The molecule has 0 fully saturated rings. The van der Waals surface area contributed by atoms with Crippen LogP contribution in [0.15, 0.2) is 12.1 Å². The van der Waals surface area contributed by atoms with Crippen molar-refractivity contribution >= 4 is 5.69 Å². The first-order chi connectivity index (χ1) is 7.34. The maximum atomic E-state index is 13.7. The van der Waals surface area contributed by atoms with E-state index >= 15 is 0 Å². The first-order valence-electron chi connectivity index (χ1n) is 5.32. The molecule has 0 spiro atoms. The first kappa shape index (κ1) is 12.6. The highest BCUT2D eigenvalue weighted by atomic mass is 19.1. The van der Waals surface area contributed by atoms with Gasteiger partial charge in [-0.1, -0.05) is 27.7 Å². The molecule has 0 unspecified atom stereocenters. The van der Waals surface area contributed by atoms with Gasteiger partial charge in [0.1, 0.15) is 5.82 Å². The monoisotopic (exact) mass is 225 g/mol. The first-order valence-corrected chi connectivity index (χ1v) is 5.32. The van der Waals surface area contributed by atoms with E-state index in [4.69, 9.17) is 0 Å². The fourth-order valence-corrected chi connectivity index (χ4v) is 1.66. The van der Waals surface area contributed by atoms with E-state index in [2.05, 4.69) is 0 Å². The highest BCUT2D eigenvalue weighted by Crippen LogP contribution is 2.31. The van der Waals surface area contributed by atoms with Crippen molar-refractivity contribution in [2.75, 3.05) is 0 Å². The highest BCUT2D eigenvalue weighted by Gasteiger charge is 2.21. The summed E-state index contributed by atoms with van der Waals surface area (Å²) in [4.78, 5) is 10.5. The molecule has 0 aliphatic rings. The number of benzene rings is 1. The van der Waals surface area contributed by atoms with Crippen LogP contribution in [-0.2, 0) is 0 Å². The van der Waals surface area contributed by atoms with E-state index in [1.165, 1.54) is 12.1 Å². The molecule has 0 radical (unpaired) electrons. The molecule has 0 amide bonds. The minimum Gasteiger partial charge on any atom is -0.258 e. The maximum Gasteiger partial charge on any atom is 0.273 e. The average molecular weight is 225 g/mol. The summed E-state index contributed by atoms with van der Waals surface area (Å²) in [6.07, 6.45) is 0. The quantitative estimate of drug-likeness (QED) is 0.576. The van der Waals surface area contributed by atoms with E-state index in [-0.39, 0.29) is 23.3 Å². The predicted molar refractivity (Wildman–Crippen MR) is 61.2 cm³/mol. The molecule has 1 rings (SSSR count). The largest absolute Gasteiger partial charge is 0.273 e. The Hall–Kier alpha value is -1.45. The molecule has 1 aromatic rings. The van der Waals surface area contributed by atoms with Crippen molar-refractivity contribution in [2.24, 2.45) is 0 Å². The number of nitro groups is 1. The van der Waals surface area contributed by atoms with Crippen molar-refractivity contribution in [1.82, 2.24) is 0 Å². The summed E-state index contributed by atoms with van der Waals surface area (Å²) in [6, 6.07) is 2.65. The van der Waals surface area contributed by atoms with Crippen LogP contribution in [0.3, 0.4) is 0 Å². The molecular formula is C12H16FNO2. The van der Waals surface area contributed by atoms with Crippen LogP contribution in [0.5, 0.6) is 0 Å². The number of halogens is 1. The Morgan fingerprint density at radius 3 is 2.00 bits per heavy atom. The van der Waals surface area contributed by atoms with Crippen LogP contribution in [0.4, 0.5) is 10.1 Å². The number of hydrogen-bond donors (Lipinski definition) is 0. The van der Waals surface area contributed by atoms with Gasteiger partial charge in [-0.25, -0.2) is 4.39 Å². The van der Waals surface area contributed by atoms with Crippen LogP contribution in [0, 0.1) is 15.9 Å². The van der Waals surface area contributed by atoms with E-state index in [0.29, 0.717) is 11.1 Å². The average Bonchev–Trinajstić information content (AvgIpc) is 2.15. The molecule has 3 nitrogen and oxygen atoms in total. The van der Waals surface area contributed by atoms with Gasteiger partial charge < -0.3 is 0 Å². The Morgan fingerprint density at radius 1 is 1.12 bits per heavy atom. The van der Waals surface area contributed by atoms with Crippen molar-refractivity contribution in [3.63, 3.8) is 0 Å². The van der Waals surface area contributed by atoms with Crippen molar-refractivity contribution in [3.8, 4) is 0 Å². The minimum atomic E-state index is -0.444. The van der Waals surface area contributed by atoms with E-state index in [1.807, 2.05) is 27.7 Å². The van der Waals surface area contributed by atoms with Crippen LogP contribution in [0.25, 0.3) is 0 Å². The van der Waals surface area contributed by atoms with Crippen molar-refractivity contribution < 1.29 is 9.31 Å². The number of rotatable bonds is 3. The molecule has 0 N–H and O–H groups in total. The van der Waals surface area contributed by atoms with E-state index < -0.39 is 4.92 Å². The zero-order valence-corrected chi connectivity index (χ0v) is 9.95. The molecular weight excluding hydrogens is 209 g/mol. The summed E-state index contributed by atoms with van der Waals surface area (Å²) >= 11 is 0. The predicted octanol–water partition coefficient (Wildman–Crippen LogP) is 3.98. The second-order valence-corrected chi connectivity index (χ2v) is 4.50. The molecule has 0 heterocycles. The topological polar surface area (TPSA) is 43.1 Å². The molecule has 0 saturated carbocycles. The Morgan fingerprint density at radius 2 is 1.62 bits per heavy atom. The third-order valence-electron chi connectivity index (χ3n) is 2.59. The fraction of sp³-hybridized carbons (Fsp3) is 0.500. The second kappa shape index (κ2) is 4.60. The van der Waals surface area contributed by atoms with Gasteiger partial charge in [0, 0.05) is 11.6 Å². The third-order valence-corrected chi connectivity index (χ3v) is 2.59. The number of nitro benzene ring substituents is 1. The molecule has 0 aliphatic carbocycles. The van der Waals surface area contributed by atoms with Crippen molar-refractivity contribution in [3.05, 3.63) is 39.2 Å². The Balaban J connectivity index is 3.43. The van der Waals surface area contributed by atoms with Crippen molar-refractivity contribution in [2.45, 2.75) is 39.5 Å². The lowest BCUT2D eigenvalue weighted by molar-refractivity contribution is -0.385. The highest BCUT2D eigenvalue weighted by molar-refractivity contribution is 5.46. The lowest BCUT2D eigenvalue weighted by Crippen LogP contribution is -2.02. The molecule has 0 atom stereocenters. The summed E-state index contributed by atoms with van der Waals surface area (Å²) in [7, 11) is 0. The van der Waals surface area contributed by atoms with Crippen LogP contribution in [0.1, 0.15) is 50.7 Å². The lowest BCUT2D eigenvalue weighted by Gasteiger charge is -2.11. The molecule has 0 aromatic heterocycles. The van der Waals surface area contributed by atoms with Crippen LogP contribution in [0.2, 0.25) is 0 Å². The lowest BCUT2D eigenvalue weighted by atomic mass is 9.95. The van der Waals surface area contributed by atoms with Gasteiger partial charge in [0.15, 0.2) is 0 Å². The molecule has 0 aliphatic heterocycles. The fourth-order valence-electron chi connectivity index (χ4n) is 1.66. The standard InChI is InChI=1S/C12H16FNO2/c1-7(2)9-6-12(14(15)16)10(8(3)4)5-11(9)13/h5-8H,1-4H3. The van der Waals surface area contributed by atoms with Crippen molar-refractivity contribution in [1.29, 1.82) is 0 Å². The smallest absolute Gasteiger partial charge is 0.258 e. The molecule has 0 saturated heterocycles. The van der Waals surface area contributed by atoms with E-state index in [9.17, 15) is 14.5 Å². The SMILES string of the molecule is CC(C)c1cc([N+](=O)[O-])c(C(C)C)cc1F. The van der Waals surface area contributed by atoms with E-state index in [1.54, 1.807) is 0 Å². The summed E-state index contributed by atoms with van der Waals surface area (Å²) in [5.41, 5.74) is 0.864. The van der Waals surface area contributed by atoms with E-state index in [0.717, 1.165) is 0 Å². The zero-order valence-electron chi connectivity index (χ0n) is 9.95. The second-order valence-electron chi connectivity index (χ2n) is 4.50. The van der Waals surface area contributed by atoms with Gasteiger partial charge >= 0.3 is 0 Å². The molecule has 4 heteroatoms. The van der Waals surface area contributed by atoms with Gasteiger partial charge in [-0.05, 0) is 23.5 Å². The molecule has 0 bridgehead atoms. The van der Waals surface area contributed by atoms with Gasteiger partial charge in [-0.2, -0.15) is 0 Å². The summed E-state index contributed by atoms with van der Waals surface area (Å²) < 4.78 is 13.7. The summed E-state index contributed by atoms with van der Waals surface area (Å²) in [5.74, 6) is -0.472. The summed E-state index contributed by atoms with van der Waals surface area (Å²) in [5, 5.41) is 10.9. The zero-order chi connectivity index (χ0) is 12.5. The molecule has 1 aromatic carbocycles. The van der Waals surface area contributed by atoms with Gasteiger partial charge in [0.05, 0.1) is 4.92 Å². The van der Waals surface area contributed by atoms with Gasteiger partial charge in [0.25, 0.3) is 5.69 Å². The Kier molecular flexibility index (Phi) is 3.62. The van der Waals surface area contributed by atoms with Crippen LogP contribution >= 0.6 is 0 Å². The van der Waals surface area contributed by atoms with Gasteiger partial charge in [0.2, 0.25) is 0 Å². The minimum absolute atomic E-state index is 0.0140. The van der Waals surface area contributed by atoms with Gasteiger partial charge in [-0.3, -0.25) is 10.1 Å². The molecule has 16 heavy (non-hydrogen) atoms. The normalized spacial score (nSPS) is 11.2. The van der Waals surface area contributed by atoms with Crippen LogP contribution in [-0.4, -0.2) is 4.92 Å². The maximum absolute atomic E-state index is 13.7. The Bertz CT molecular complexity index is 414. The number of nitrogens with zero attached hydrogens (tertiary/aromatic N) is 1. The Labute approximate surface area is 94.4 Å². The summed E-state index contributed by atoms with van der Waals surface area (Å²) in [6.45, 7) is 7.27. The molecule has 88 valence electrons. The van der Waals surface area contributed by atoms with Gasteiger partial charge in [-0.15, -0.1) is 0 Å². The third kappa shape index (κ3) is 2.38. The number of hydrogen-bond acceptors (Lipinski definition) is 2. The van der Waals surface area contributed by atoms with Crippen LogP contribution < -0.4 is 0 Å².